The molecule has 0 atom stereocenters. The Morgan fingerprint density at radius 1 is 0.962 bits per heavy atom. The third kappa shape index (κ3) is 8.01. The molecule has 0 aliphatic heterocycles. The van der Waals surface area contributed by atoms with Gasteiger partial charge in [0.25, 0.3) is 0 Å². The molecule has 0 N–H and O–H groups in total. The summed E-state index contributed by atoms with van der Waals surface area (Å²) in [6.07, 6.45) is 5.59. The molecule has 0 aromatic carbocycles. The SMILES string of the molecule is BrCCBr.N#CC1(c2ccc(Cl)nc2)CC1.N#CCc1ccc(Cl)nc1. The van der Waals surface area contributed by atoms with Gasteiger partial charge in [0.1, 0.15) is 10.3 Å². The fraction of sp³-hybridized carbons (Fsp3) is 0.333. The Morgan fingerprint density at radius 3 is 1.88 bits per heavy atom. The first-order valence-corrected chi connectivity index (χ1v) is 10.6. The van der Waals surface area contributed by atoms with Crippen LogP contribution in [0.5, 0.6) is 0 Å². The molecule has 1 saturated carbocycles. The molecule has 2 aromatic heterocycles. The van der Waals surface area contributed by atoms with Gasteiger partial charge >= 0.3 is 0 Å². The van der Waals surface area contributed by atoms with E-state index in [9.17, 15) is 0 Å². The van der Waals surface area contributed by atoms with E-state index in [0.29, 0.717) is 16.7 Å². The minimum atomic E-state index is -0.239. The molecule has 8 heteroatoms. The molecule has 0 amide bonds. The predicted molar refractivity (Wildman–Crippen MR) is 112 cm³/mol. The van der Waals surface area contributed by atoms with Gasteiger partial charge in [0, 0.05) is 23.1 Å². The molecule has 3 rings (SSSR count). The van der Waals surface area contributed by atoms with Gasteiger partial charge in [-0.2, -0.15) is 10.5 Å². The number of nitriles is 2. The van der Waals surface area contributed by atoms with Gasteiger partial charge in [-0.15, -0.1) is 0 Å². The van der Waals surface area contributed by atoms with E-state index in [2.05, 4.69) is 47.9 Å². The van der Waals surface area contributed by atoms with Crippen LogP contribution in [0.1, 0.15) is 24.0 Å². The van der Waals surface area contributed by atoms with Crippen molar-refractivity contribution in [3.63, 3.8) is 0 Å². The zero-order valence-corrected chi connectivity index (χ0v) is 18.5. The van der Waals surface area contributed by atoms with E-state index in [4.69, 9.17) is 33.7 Å². The summed E-state index contributed by atoms with van der Waals surface area (Å²) in [5.41, 5.74) is 1.65. The van der Waals surface area contributed by atoms with Crippen LogP contribution in [0.4, 0.5) is 0 Å². The van der Waals surface area contributed by atoms with Crippen molar-refractivity contribution in [3.05, 3.63) is 58.1 Å². The summed E-state index contributed by atoms with van der Waals surface area (Å²) in [6, 6.07) is 11.4. The van der Waals surface area contributed by atoms with Crippen molar-refractivity contribution in [3.8, 4) is 12.1 Å². The first-order chi connectivity index (χ1) is 12.5. The van der Waals surface area contributed by atoms with Crippen LogP contribution in [-0.4, -0.2) is 20.6 Å². The van der Waals surface area contributed by atoms with E-state index in [0.717, 1.165) is 34.6 Å². The minimum Gasteiger partial charge on any atom is -0.244 e. The highest BCUT2D eigenvalue weighted by Gasteiger charge is 2.45. The lowest BCUT2D eigenvalue weighted by Gasteiger charge is -2.03. The number of nitrogens with zero attached hydrogens (tertiary/aromatic N) is 4. The molecular formula is C18H16Br2Cl2N4. The molecule has 1 fully saturated rings. The molecule has 26 heavy (non-hydrogen) atoms. The van der Waals surface area contributed by atoms with Crippen LogP contribution in [0.3, 0.4) is 0 Å². The van der Waals surface area contributed by atoms with E-state index in [1.165, 1.54) is 0 Å². The Balaban J connectivity index is 0.000000220. The summed E-state index contributed by atoms with van der Waals surface area (Å²) in [5.74, 6) is 0. The van der Waals surface area contributed by atoms with Crippen molar-refractivity contribution in [1.29, 1.82) is 10.5 Å². The number of alkyl halides is 2. The van der Waals surface area contributed by atoms with Gasteiger partial charge in [0.2, 0.25) is 0 Å². The van der Waals surface area contributed by atoms with Gasteiger partial charge in [-0.3, -0.25) is 0 Å². The van der Waals surface area contributed by atoms with Crippen molar-refractivity contribution < 1.29 is 0 Å². The maximum Gasteiger partial charge on any atom is 0.129 e. The maximum atomic E-state index is 8.87. The van der Waals surface area contributed by atoms with Gasteiger partial charge in [-0.05, 0) is 36.1 Å². The number of halogens is 4. The van der Waals surface area contributed by atoms with Gasteiger partial charge in [-0.25, -0.2) is 9.97 Å². The quantitative estimate of drug-likeness (QED) is 0.376. The van der Waals surface area contributed by atoms with Gasteiger partial charge < -0.3 is 0 Å². The normalized spacial score (nSPS) is 13.0. The molecule has 2 aromatic rings. The zero-order chi connectivity index (χ0) is 19.4. The Bertz CT molecular complexity index is 747. The number of rotatable bonds is 3. The molecule has 0 bridgehead atoms. The second kappa shape index (κ2) is 12.3. The van der Waals surface area contributed by atoms with E-state index in [-0.39, 0.29) is 5.41 Å². The molecule has 0 radical (unpaired) electrons. The van der Waals surface area contributed by atoms with Crippen LogP contribution < -0.4 is 0 Å². The summed E-state index contributed by atoms with van der Waals surface area (Å²) >= 11 is 17.6. The summed E-state index contributed by atoms with van der Waals surface area (Å²) in [7, 11) is 0. The van der Waals surface area contributed by atoms with Crippen LogP contribution in [0.2, 0.25) is 10.3 Å². The average Bonchev–Trinajstić information content (AvgIpc) is 3.46. The number of hydrogen-bond acceptors (Lipinski definition) is 4. The van der Waals surface area contributed by atoms with Crippen LogP contribution >= 0.6 is 55.1 Å². The molecule has 0 spiro atoms. The Hall–Kier alpha value is -1.18. The van der Waals surface area contributed by atoms with Crippen molar-refractivity contribution in [1.82, 2.24) is 9.97 Å². The summed E-state index contributed by atoms with van der Waals surface area (Å²) in [5, 5.41) is 20.2. The fourth-order valence-corrected chi connectivity index (χ4v) is 2.07. The summed E-state index contributed by atoms with van der Waals surface area (Å²) < 4.78 is 0. The van der Waals surface area contributed by atoms with E-state index in [1.54, 1.807) is 30.6 Å². The van der Waals surface area contributed by atoms with E-state index >= 15 is 0 Å². The zero-order valence-electron chi connectivity index (χ0n) is 13.8. The lowest BCUT2D eigenvalue weighted by atomic mass is 10.0. The number of pyridine rings is 2. The van der Waals surface area contributed by atoms with Crippen molar-refractivity contribution >= 4 is 55.1 Å². The van der Waals surface area contributed by atoms with Crippen LogP contribution in [-0.2, 0) is 11.8 Å². The lowest BCUT2D eigenvalue weighted by Crippen LogP contribution is -2.02. The second-order valence-electron chi connectivity index (χ2n) is 5.27. The van der Waals surface area contributed by atoms with Gasteiger partial charge in [0.05, 0.1) is 24.0 Å². The summed E-state index contributed by atoms with van der Waals surface area (Å²) in [4.78, 5) is 7.76. The van der Waals surface area contributed by atoms with Crippen molar-refractivity contribution in [2.75, 3.05) is 10.7 Å². The second-order valence-corrected chi connectivity index (χ2v) is 7.63. The third-order valence-electron chi connectivity index (χ3n) is 3.39. The Morgan fingerprint density at radius 2 is 1.54 bits per heavy atom. The smallest absolute Gasteiger partial charge is 0.129 e. The highest BCUT2D eigenvalue weighted by Crippen LogP contribution is 2.47. The maximum absolute atomic E-state index is 8.87. The fourth-order valence-electron chi connectivity index (χ4n) is 1.85. The topological polar surface area (TPSA) is 73.4 Å². The van der Waals surface area contributed by atoms with Crippen molar-refractivity contribution in [2.45, 2.75) is 24.7 Å². The first-order valence-electron chi connectivity index (χ1n) is 7.64. The molecule has 4 nitrogen and oxygen atoms in total. The average molecular weight is 519 g/mol. The molecule has 0 saturated heterocycles. The molecule has 2 heterocycles. The first kappa shape index (κ1) is 22.9. The molecule has 136 valence electrons. The number of aromatic nitrogens is 2. The monoisotopic (exact) mass is 516 g/mol. The largest absolute Gasteiger partial charge is 0.244 e. The molecule has 1 aliphatic rings. The Kier molecular flexibility index (Phi) is 10.8. The van der Waals surface area contributed by atoms with Gasteiger partial charge in [-0.1, -0.05) is 67.2 Å². The summed E-state index contributed by atoms with van der Waals surface area (Å²) in [6.45, 7) is 0. The highest BCUT2D eigenvalue weighted by atomic mass is 79.9. The highest BCUT2D eigenvalue weighted by molar-refractivity contribution is 9.11. The lowest BCUT2D eigenvalue weighted by molar-refractivity contribution is 0.897. The standard InChI is InChI=1S/C9H7ClN2.C7H5ClN2.C2H4Br2/c10-8-2-1-7(5-12-8)9(6-11)3-4-9;8-7-2-1-6(3-4-9)5-10-7;3-1-2-4/h1-2,5H,3-4H2;1-2,5H,3H2;1-2H2. The molecule has 0 unspecified atom stereocenters. The van der Waals surface area contributed by atoms with E-state index < -0.39 is 0 Å². The molecular weight excluding hydrogens is 503 g/mol. The Labute approximate surface area is 180 Å². The molecule has 1 aliphatic carbocycles. The third-order valence-corrected chi connectivity index (χ3v) is 5.69. The minimum absolute atomic E-state index is 0.239. The van der Waals surface area contributed by atoms with Crippen LogP contribution in [0, 0.1) is 22.7 Å². The number of hydrogen-bond donors (Lipinski definition) is 0. The van der Waals surface area contributed by atoms with Crippen LogP contribution in [0.25, 0.3) is 0 Å². The predicted octanol–water partition coefficient (Wildman–Crippen LogP) is 5.87. The van der Waals surface area contributed by atoms with Gasteiger partial charge in [0.15, 0.2) is 0 Å². The van der Waals surface area contributed by atoms with Crippen LogP contribution in [0.15, 0.2) is 36.7 Å². The van der Waals surface area contributed by atoms with Crippen molar-refractivity contribution in [2.24, 2.45) is 0 Å². The van der Waals surface area contributed by atoms with E-state index in [1.807, 2.05) is 12.1 Å².